The van der Waals surface area contributed by atoms with Gasteiger partial charge in [-0.1, -0.05) is 12.2 Å². The lowest BCUT2D eigenvalue weighted by Gasteiger charge is -2.25. The van der Waals surface area contributed by atoms with Crippen molar-refractivity contribution in [2.24, 2.45) is 4.99 Å². The first kappa shape index (κ1) is 16.7. The number of aliphatic imine (C=N–C) groups is 1. The maximum Gasteiger partial charge on any atom is 0.193 e. The van der Waals surface area contributed by atoms with Gasteiger partial charge in [0.2, 0.25) is 0 Å². The summed E-state index contributed by atoms with van der Waals surface area (Å²) in [5, 5.41) is 3.42. The number of likely N-dealkylation sites (tertiary alicyclic amines) is 1. The highest BCUT2D eigenvalue weighted by molar-refractivity contribution is 5.80. The largest absolute Gasteiger partial charge is 0.377 e. The number of rotatable bonds is 6. The van der Waals surface area contributed by atoms with Crippen LogP contribution >= 0.6 is 0 Å². The van der Waals surface area contributed by atoms with Crippen LogP contribution in [0.2, 0.25) is 0 Å². The summed E-state index contributed by atoms with van der Waals surface area (Å²) < 4.78 is 11.3. The Labute approximate surface area is 139 Å². The van der Waals surface area contributed by atoms with Crippen LogP contribution in [0.1, 0.15) is 19.3 Å². The highest BCUT2D eigenvalue weighted by Crippen LogP contribution is 2.17. The Morgan fingerprint density at radius 3 is 2.96 bits per heavy atom. The van der Waals surface area contributed by atoms with Crippen molar-refractivity contribution < 1.29 is 9.47 Å². The zero-order chi connectivity index (χ0) is 15.9. The normalized spacial score (nSPS) is 28.9. The molecule has 130 valence electrons. The average molecular weight is 322 g/mol. The summed E-state index contributed by atoms with van der Waals surface area (Å²) in [7, 11) is 1.86. The zero-order valence-electron chi connectivity index (χ0n) is 14.2. The number of nitrogens with zero attached hydrogens (tertiary/aromatic N) is 3. The lowest BCUT2D eigenvalue weighted by molar-refractivity contribution is 0.0190. The van der Waals surface area contributed by atoms with Crippen molar-refractivity contribution in [1.29, 1.82) is 0 Å². The van der Waals surface area contributed by atoms with Crippen LogP contribution in [0.4, 0.5) is 0 Å². The second kappa shape index (κ2) is 8.66. The number of nitrogens with one attached hydrogen (secondary N) is 1. The Morgan fingerprint density at radius 2 is 2.22 bits per heavy atom. The number of hydrogen-bond acceptors (Lipinski definition) is 4. The molecule has 2 atom stereocenters. The maximum atomic E-state index is 5.70. The van der Waals surface area contributed by atoms with E-state index in [-0.39, 0.29) is 0 Å². The van der Waals surface area contributed by atoms with Crippen LogP contribution in [0.5, 0.6) is 0 Å². The van der Waals surface area contributed by atoms with Crippen molar-refractivity contribution in [2.75, 3.05) is 59.6 Å². The molecule has 0 aromatic rings. The van der Waals surface area contributed by atoms with Crippen molar-refractivity contribution in [3.05, 3.63) is 12.2 Å². The van der Waals surface area contributed by atoms with Gasteiger partial charge in [-0.15, -0.1) is 0 Å². The van der Waals surface area contributed by atoms with E-state index in [0.717, 1.165) is 51.7 Å². The molecule has 6 nitrogen and oxygen atoms in total. The van der Waals surface area contributed by atoms with Crippen molar-refractivity contribution in [2.45, 2.75) is 31.4 Å². The monoisotopic (exact) mass is 322 g/mol. The molecule has 3 rings (SSSR count). The van der Waals surface area contributed by atoms with Crippen molar-refractivity contribution >= 4 is 5.96 Å². The van der Waals surface area contributed by atoms with Crippen molar-refractivity contribution in [1.82, 2.24) is 15.1 Å². The molecule has 3 heterocycles. The van der Waals surface area contributed by atoms with Crippen LogP contribution in [-0.2, 0) is 9.47 Å². The molecule has 2 unspecified atom stereocenters. The van der Waals surface area contributed by atoms with Gasteiger partial charge in [-0.3, -0.25) is 9.89 Å². The summed E-state index contributed by atoms with van der Waals surface area (Å²) in [6, 6.07) is 0.652. The molecule has 0 aliphatic carbocycles. The summed E-state index contributed by atoms with van der Waals surface area (Å²) in [6.07, 6.45) is 8.36. The highest BCUT2D eigenvalue weighted by atomic mass is 16.5. The van der Waals surface area contributed by atoms with E-state index >= 15 is 0 Å². The summed E-state index contributed by atoms with van der Waals surface area (Å²) in [5.74, 6) is 1.00. The first-order chi connectivity index (χ1) is 11.4. The molecule has 0 amide bonds. The molecule has 3 aliphatic heterocycles. The summed E-state index contributed by atoms with van der Waals surface area (Å²) in [5.41, 5.74) is 0. The van der Waals surface area contributed by atoms with E-state index in [1.165, 1.54) is 12.8 Å². The predicted octanol–water partition coefficient (Wildman–Crippen LogP) is 0.704. The molecule has 1 N–H and O–H groups in total. The molecular weight excluding hydrogens is 292 g/mol. The van der Waals surface area contributed by atoms with Gasteiger partial charge in [-0.05, 0) is 19.3 Å². The Kier molecular flexibility index (Phi) is 6.30. The third kappa shape index (κ3) is 4.68. The van der Waals surface area contributed by atoms with Crippen LogP contribution < -0.4 is 5.32 Å². The fourth-order valence-electron chi connectivity index (χ4n) is 3.58. The lowest BCUT2D eigenvalue weighted by atomic mass is 10.2. The lowest BCUT2D eigenvalue weighted by Crippen LogP contribution is -2.43. The molecule has 2 fully saturated rings. The van der Waals surface area contributed by atoms with E-state index in [0.29, 0.717) is 25.4 Å². The van der Waals surface area contributed by atoms with Crippen molar-refractivity contribution in [3.63, 3.8) is 0 Å². The van der Waals surface area contributed by atoms with Gasteiger partial charge >= 0.3 is 0 Å². The molecule has 3 aliphatic rings. The van der Waals surface area contributed by atoms with Gasteiger partial charge in [0.25, 0.3) is 0 Å². The van der Waals surface area contributed by atoms with Gasteiger partial charge in [-0.2, -0.15) is 0 Å². The number of ether oxygens (including phenoxy) is 2. The smallest absolute Gasteiger partial charge is 0.193 e. The maximum absolute atomic E-state index is 5.70. The Balaban J connectivity index is 1.32. The number of hydrogen-bond donors (Lipinski definition) is 1. The van der Waals surface area contributed by atoms with Gasteiger partial charge in [0.1, 0.15) is 0 Å². The second-order valence-corrected chi connectivity index (χ2v) is 6.50. The third-order valence-corrected chi connectivity index (χ3v) is 4.89. The Bertz CT molecular complexity index is 413. The van der Waals surface area contributed by atoms with Crippen molar-refractivity contribution in [3.8, 4) is 0 Å². The quantitative estimate of drug-likeness (QED) is 0.338. The van der Waals surface area contributed by atoms with E-state index in [1.54, 1.807) is 0 Å². The SMILES string of the molecule is CN=C(NCCOCC1CCCO1)N1CCC(N2CC=CC2)C1. The van der Waals surface area contributed by atoms with Crippen LogP contribution in [0, 0.1) is 0 Å². The van der Waals surface area contributed by atoms with Crippen LogP contribution in [0.15, 0.2) is 17.1 Å². The predicted molar refractivity (Wildman–Crippen MR) is 91.8 cm³/mol. The van der Waals surface area contributed by atoms with Crippen LogP contribution in [0.3, 0.4) is 0 Å². The molecule has 23 heavy (non-hydrogen) atoms. The Morgan fingerprint density at radius 1 is 1.35 bits per heavy atom. The fourth-order valence-corrected chi connectivity index (χ4v) is 3.58. The second-order valence-electron chi connectivity index (χ2n) is 6.50. The van der Waals surface area contributed by atoms with Crippen LogP contribution in [-0.4, -0.2) is 87.5 Å². The van der Waals surface area contributed by atoms with Gasteiger partial charge in [0.05, 0.1) is 19.3 Å². The first-order valence-corrected chi connectivity index (χ1v) is 8.91. The summed E-state index contributed by atoms with van der Waals surface area (Å²) in [4.78, 5) is 9.33. The molecule has 0 aromatic heterocycles. The van der Waals surface area contributed by atoms with Gasteiger partial charge in [0, 0.05) is 52.4 Å². The highest BCUT2D eigenvalue weighted by Gasteiger charge is 2.29. The van der Waals surface area contributed by atoms with E-state index in [9.17, 15) is 0 Å². The zero-order valence-corrected chi connectivity index (χ0v) is 14.2. The van der Waals surface area contributed by atoms with Gasteiger partial charge in [0.15, 0.2) is 5.96 Å². The molecule has 0 bridgehead atoms. The minimum absolute atomic E-state index is 0.308. The molecule has 6 heteroatoms. The van der Waals surface area contributed by atoms with Crippen LogP contribution in [0.25, 0.3) is 0 Å². The molecule has 0 aromatic carbocycles. The molecular formula is C17H30N4O2. The summed E-state index contributed by atoms with van der Waals surface area (Å²) >= 11 is 0. The summed E-state index contributed by atoms with van der Waals surface area (Å²) in [6.45, 7) is 7.45. The minimum Gasteiger partial charge on any atom is -0.377 e. The van der Waals surface area contributed by atoms with Gasteiger partial charge in [-0.25, -0.2) is 0 Å². The standard InChI is InChI=1S/C17H30N4O2/c1-18-17(19-7-12-22-14-16-5-4-11-23-16)21-10-6-15(13-21)20-8-2-3-9-20/h2-3,15-16H,4-14H2,1H3,(H,18,19). The van der Waals surface area contributed by atoms with E-state index < -0.39 is 0 Å². The minimum atomic E-state index is 0.308. The number of guanidine groups is 1. The fraction of sp³-hybridized carbons (Fsp3) is 0.824. The third-order valence-electron chi connectivity index (χ3n) is 4.89. The first-order valence-electron chi connectivity index (χ1n) is 8.91. The molecule has 0 saturated carbocycles. The van der Waals surface area contributed by atoms with Gasteiger partial charge < -0.3 is 19.7 Å². The van der Waals surface area contributed by atoms with E-state index in [2.05, 4.69) is 32.3 Å². The Hall–Kier alpha value is -1.11. The topological polar surface area (TPSA) is 49.3 Å². The molecule has 0 spiro atoms. The van der Waals surface area contributed by atoms with E-state index in [1.807, 2.05) is 7.05 Å². The average Bonchev–Trinajstić information content (AvgIpc) is 3.32. The molecule has 2 saturated heterocycles. The van der Waals surface area contributed by atoms with E-state index in [4.69, 9.17) is 9.47 Å². The molecule has 0 radical (unpaired) electrons.